The molecule has 18 heavy (non-hydrogen) atoms. The third-order valence-corrected chi connectivity index (χ3v) is 2.31. The van der Waals surface area contributed by atoms with Gasteiger partial charge in [0, 0.05) is 6.42 Å². The minimum atomic E-state index is 0.0918. The second-order valence-electron chi connectivity index (χ2n) is 3.70. The van der Waals surface area contributed by atoms with Crippen LogP contribution in [0.2, 0.25) is 0 Å². The summed E-state index contributed by atoms with van der Waals surface area (Å²) in [6, 6.07) is 5.19. The molecular weight excluding hydrogens is 228 g/mol. The second kappa shape index (κ2) is 7.33. The maximum atomic E-state index is 11.0. The molecule has 0 spiro atoms. The molecule has 0 aromatic heterocycles. The van der Waals surface area contributed by atoms with Crippen LogP contribution in [0.1, 0.15) is 25.8 Å². The van der Waals surface area contributed by atoms with Crippen LogP contribution in [0.15, 0.2) is 36.4 Å². The van der Waals surface area contributed by atoms with Crippen molar-refractivity contribution in [3.05, 3.63) is 42.0 Å². The normalized spacial score (nSPS) is 11.2. The first-order valence-corrected chi connectivity index (χ1v) is 6.00. The van der Waals surface area contributed by atoms with Gasteiger partial charge in [-0.2, -0.15) is 0 Å². The molecule has 0 saturated carbocycles. The number of benzene rings is 1. The van der Waals surface area contributed by atoms with Crippen molar-refractivity contribution in [2.75, 3.05) is 6.61 Å². The van der Waals surface area contributed by atoms with E-state index < -0.39 is 0 Å². The number of hydrogen-bond donors (Lipinski definition) is 1. The summed E-state index contributed by atoms with van der Waals surface area (Å²) in [5.74, 6) is 0.688. The zero-order chi connectivity index (χ0) is 13.4. The van der Waals surface area contributed by atoms with Gasteiger partial charge in [0.05, 0.1) is 6.61 Å². The molecule has 3 nitrogen and oxygen atoms in total. The highest BCUT2D eigenvalue weighted by molar-refractivity contribution is 5.89. The van der Waals surface area contributed by atoms with Crippen LogP contribution < -0.4 is 4.74 Å². The third kappa shape index (κ3) is 4.45. The minimum Gasteiger partial charge on any atom is -0.504 e. The van der Waals surface area contributed by atoms with E-state index in [0.717, 1.165) is 5.56 Å². The highest BCUT2D eigenvalue weighted by atomic mass is 16.5. The first-order chi connectivity index (χ1) is 8.67. The third-order valence-electron chi connectivity index (χ3n) is 2.31. The Morgan fingerprint density at radius 1 is 1.33 bits per heavy atom. The lowest BCUT2D eigenvalue weighted by atomic mass is 10.2. The van der Waals surface area contributed by atoms with E-state index in [1.165, 1.54) is 6.08 Å². The molecule has 1 aromatic rings. The molecule has 3 heteroatoms. The van der Waals surface area contributed by atoms with Crippen molar-refractivity contribution >= 4 is 11.9 Å². The predicted molar refractivity (Wildman–Crippen MR) is 72.7 cm³/mol. The van der Waals surface area contributed by atoms with Gasteiger partial charge in [-0.25, -0.2) is 0 Å². The van der Waals surface area contributed by atoms with E-state index in [1.807, 2.05) is 26.0 Å². The van der Waals surface area contributed by atoms with Crippen LogP contribution in [-0.2, 0) is 4.79 Å². The lowest BCUT2D eigenvalue weighted by molar-refractivity contribution is -0.114. The van der Waals surface area contributed by atoms with Gasteiger partial charge in [-0.1, -0.05) is 31.2 Å². The molecule has 0 aliphatic carbocycles. The van der Waals surface area contributed by atoms with Crippen molar-refractivity contribution < 1.29 is 14.6 Å². The van der Waals surface area contributed by atoms with Gasteiger partial charge in [0.2, 0.25) is 0 Å². The van der Waals surface area contributed by atoms with Crippen LogP contribution in [-0.4, -0.2) is 17.5 Å². The maximum absolute atomic E-state index is 11.0. The second-order valence-corrected chi connectivity index (χ2v) is 3.70. The number of phenols is 1. The topological polar surface area (TPSA) is 46.5 Å². The fourth-order valence-electron chi connectivity index (χ4n) is 1.36. The zero-order valence-electron chi connectivity index (χ0n) is 10.7. The van der Waals surface area contributed by atoms with E-state index in [0.29, 0.717) is 18.8 Å². The van der Waals surface area contributed by atoms with Crippen molar-refractivity contribution in [2.45, 2.75) is 20.3 Å². The van der Waals surface area contributed by atoms with E-state index in [4.69, 9.17) is 4.74 Å². The average Bonchev–Trinajstić information content (AvgIpc) is 2.37. The number of phenolic OH excluding ortho intramolecular Hbond substituents is 1. The summed E-state index contributed by atoms with van der Waals surface area (Å²) in [6.45, 7) is 4.20. The fourth-order valence-corrected chi connectivity index (χ4v) is 1.36. The van der Waals surface area contributed by atoms with Crippen molar-refractivity contribution in [3.63, 3.8) is 0 Å². The van der Waals surface area contributed by atoms with Crippen molar-refractivity contribution in [3.8, 4) is 11.5 Å². The van der Waals surface area contributed by atoms with Crippen LogP contribution >= 0.6 is 0 Å². The van der Waals surface area contributed by atoms with Crippen LogP contribution in [0.25, 0.3) is 6.08 Å². The molecular formula is C15H18O3. The number of carbonyl (C=O) groups is 1. The minimum absolute atomic E-state index is 0.0918. The van der Waals surface area contributed by atoms with E-state index >= 15 is 0 Å². The summed E-state index contributed by atoms with van der Waals surface area (Å²) in [5, 5.41) is 9.67. The molecule has 0 radical (unpaired) electrons. The fraction of sp³-hybridized carbons (Fsp3) is 0.267. The quantitative estimate of drug-likeness (QED) is 0.618. The molecule has 0 aliphatic rings. The summed E-state index contributed by atoms with van der Waals surface area (Å²) in [6.07, 6.45) is 7.32. The van der Waals surface area contributed by atoms with Gasteiger partial charge in [-0.3, -0.25) is 4.79 Å². The average molecular weight is 246 g/mol. The molecule has 0 unspecified atom stereocenters. The summed E-state index contributed by atoms with van der Waals surface area (Å²) in [4.78, 5) is 11.0. The Hall–Kier alpha value is -2.03. The monoisotopic (exact) mass is 246 g/mol. The molecule has 0 atom stereocenters. The molecule has 0 fully saturated rings. The molecule has 0 aliphatic heterocycles. The van der Waals surface area contributed by atoms with Gasteiger partial charge in [-0.05, 0) is 30.7 Å². The van der Waals surface area contributed by atoms with Gasteiger partial charge in [0.1, 0.15) is 0 Å². The van der Waals surface area contributed by atoms with E-state index in [-0.39, 0.29) is 11.5 Å². The molecule has 1 N–H and O–H groups in total. The Kier molecular flexibility index (Phi) is 5.71. The van der Waals surface area contributed by atoms with Gasteiger partial charge in [-0.15, -0.1) is 0 Å². The Labute approximate surface area is 107 Å². The summed E-state index contributed by atoms with van der Waals surface area (Å²) in [7, 11) is 0. The summed E-state index contributed by atoms with van der Waals surface area (Å²) >= 11 is 0. The van der Waals surface area contributed by atoms with Crippen LogP contribution in [0, 0.1) is 0 Å². The molecule has 0 bridgehead atoms. The van der Waals surface area contributed by atoms with Crippen molar-refractivity contribution in [1.82, 2.24) is 0 Å². The molecule has 96 valence electrons. The smallest absolute Gasteiger partial charge is 0.160 e. The van der Waals surface area contributed by atoms with E-state index in [2.05, 4.69) is 0 Å². The van der Waals surface area contributed by atoms with Crippen LogP contribution in [0.5, 0.6) is 11.5 Å². The van der Waals surface area contributed by atoms with Crippen molar-refractivity contribution in [2.24, 2.45) is 0 Å². The van der Waals surface area contributed by atoms with Crippen molar-refractivity contribution in [1.29, 1.82) is 0 Å². The molecule has 0 amide bonds. The first kappa shape index (κ1) is 14.0. The lowest BCUT2D eigenvalue weighted by Crippen LogP contribution is -1.91. The van der Waals surface area contributed by atoms with Crippen LogP contribution in [0.3, 0.4) is 0 Å². The number of aromatic hydroxyl groups is 1. The first-order valence-electron chi connectivity index (χ1n) is 6.00. The Morgan fingerprint density at radius 3 is 2.72 bits per heavy atom. The SMILES string of the molecule is CCOc1ccc(/C=C/C=C/C(=O)CC)cc1O. The highest BCUT2D eigenvalue weighted by Crippen LogP contribution is 2.27. The van der Waals surface area contributed by atoms with E-state index in [1.54, 1.807) is 24.3 Å². The van der Waals surface area contributed by atoms with Gasteiger partial charge < -0.3 is 9.84 Å². The Morgan fingerprint density at radius 2 is 2.11 bits per heavy atom. The summed E-state index contributed by atoms with van der Waals surface area (Å²) in [5.41, 5.74) is 0.851. The number of rotatable bonds is 6. The maximum Gasteiger partial charge on any atom is 0.160 e. The molecule has 0 saturated heterocycles. The van der Waals surface area contributed by atoms with Gasteiger partial charge in [0.15, 0.2) is 17.3 Å². The van der Waals surface area contributed by atoms with E-state index in [9.17, 15) is 9.90 Å². The molecule has 1 aromatic carbocycles. The Bertz CT molecular complexity index is 459. The van der Waals surface area contributed by atoms with Gasteiger partial charge in [0.25, 0.3) is 0 Å². The number of ether oxygens (including phenoxy) is 1. The number of allylic oxidation sites excluding steroid dienone is 3. The predicted octanol–water partition coefficient (Wildman–Crippen LogP) is 3.34. The Balaban J connectivity index is 2.68. The van der Waals surface area contributed by atoms with Crippen LogP contribution in [0.4, 0.5) is 0 Å². The molecule has 1 rings (SSSR count). The highest BCUT2D eigenvalue weighted by Gasteiger charge is 2.00. The van der Waals surface area contributed by atoms with Gasteiger partial charge >= 0.3 is 0 Å². The largest absolute Gasteiger partial charge is 0.504 e. The summed E-state index contributed by atoms with van der Waals surface area (Å²) < 4.78 is 5.23. The number of ketones is 1. The standard InChI is InChI=1S/C15H18O3/c1-3-13(16)8-6-5-7-12-9-10-15(18-4-2)14(17)11-12/h5-11,17H,3-4H2,1-2H3/b7-5+,8-6+. The molecule has 0 heterocycles. The number of carbonyl (C=O) groups excluding carboxylic acids is 1. The number of hydrogen-bond acceptors (Lipinski definition) is 3. The zero-order valence-corrected chi connectivity index (χ0v) is 10.7. The lowest BCUT2D eigenvalue weighted by Gasteiger charge is -2.05.